The molecule has 110 valence electrons. The van der Waals surface area contributed by atoms with Crippen molar-refractivity contribution in [1.29, 1.82) is 0 Å². The Labute approximate surface area is 119 Å². The highest BCUT2D eigenvalue weighted by molar-refractivity contribution is 8.00. The molecule has 0 aliphatic carbocycles. The fourth-order valence-electron chi connectivity index (χ4n) is 2.16. The molecule has 1 saturated heterocycles. The number of hydrogen-bond acceptors (Lipinski definition) is 3. The summed E-state index contributed by atoms with van der Waals surface area (Å²) in [5, 5.41) is 9.22. The van der Waals surface area contributed by atoms with Gasteiger partial charge in [-0.1, -0.05) is 27.2 Å². The van der Waals surface area contributed by atoms with Crippen molar-refractivity contribution in [3.63, 3.8) is 0 Å². The smallest absolute Gasteiger partial charge is 0.327 e. The Morgan fingerprint density at radius 2 is 2.11 bits per heavy atom. The maximum Gasteiger partial charge on any atom is 0.327 e. The van der Waals surface area contributed by atoms with Gasteiger partial charge in [0.25, 0.3) is 0 Å². The maximum absolute atomic E-state index is 12.5. The van der Waals surface area contributed by atoms with Gasteiger partial charge < -0.3 is 10.0 Å². The molecule has 1 aliphatic heterocycles. The predicted octanol–water partition coefficient (Wildman–Crippen LogP) is 2.32. The van der Waals surface area contributed by atoms with Crippen molar-refractivity contribution in [1.82, 2.24) is 9.80 Å². The zero-order valence-electron chi connectivity index (χ0n) is 12.1. The standard InChI is InChI=1S/C13H24N2O3S/c1-5-6-7-14(4)13(18)15-10(12(16)17)8-19-11(15)9(2)3/h9-11H,5-8H2,1-4H3,(H,16,17). The lowest BCUT2D eigenvalue weighted by Gasteiger charge is -2.33. The average molecular weight is 288 g/mol. The van der Waals surface area contributed by atoms with Gasteiger partial charge in [0.1, 0.15) is 6.04 Å². The van der Waals surface area contributed by atoms with E-state index in [1.165, 1.54) is 0 Å². The van der Waals surface area contributed by atoms with E-state index in [4.69, 9.17) is 0 Å². The van der Waals surface area contributed by atoms with Crippen molar-refractivity contribution in [2.24, 2.45) is 5.92 Å². The van der Waals surface area contributed by atoms with Crippen LogP contribution < -0.4 is 0 Å². The molecule has 0 radical (unpaired) electrons. The van der Waals surface area contributed by atoms with Crippen LogP contribution in [0.15, 0.2) is 0 Å². The van der Waals surface area contributed by atoms with Gasteiger partial charge in [-0.25, -0.2) is 9.59 Å². The van der Waals surface area contributed by atoms with Gasteiger partial charge in [0.2, 0.25) is 0 Å². The Morgan fingerprint density at radius 3 is 2.58 bits per heavy atom. The summed E-state index contributed by atoms with van der Waals surface area (Å²) >= 11 is 1.56. The number of carboxylic acids is 1. The van der Waals surface area contributed by atoms with Gasteiger partial charge in [0.05, 0.1) is 5.37 Å². The second kappa shape index (κ2) is 7.03. The van der Waals surface area contributed by atoms with Crippen molar-refractivity contribution in [3.8, 4) is 0 Å². The van der Waals surface area contributed by atoms with Crippen molar-refractivity contribution in [2.75, 3.05) is 19.3 Å². The number of urea groups is 1. The summed E-state index contributed by atoms with van der Waals surface area (Å²) in [6.45, 7) is 6.79. The van der Waals surface area contributed by atoms with Crippen LogP contribution in [-0.4, -0.2) is 57.7 Å². The topological polar surface area (TPSA) is 60.9 Å². The molecule has 1 fully saturated rings. The quantitative estimate of drug-likeness (QED) is 0.843. The fourth-order valence-corrected chi connectivity index (χ4v) is 3.63. The molecule has 1 heterocycles. The molecule has 2 amide bonds. The second-order valence-corrected chi connectivity index (χ2v) is 6.44. The first-order valence-electron chi connectivity index (χ1n) is 6.78. The van der Waals surface area contributed by atoms with Crippen LogP contribution in [0.1, 0.15) is 33.6 Å². The molecule has 0 aromatic rings. The minimum atomic E-state index is -0.909. The maximum atomic E-state index is 12.5. The van der Waals surface area contributed by atoms with Gasteiger partial charge in [-0.15, -0.1) is 11.8 Å². The van der Waals surface area contributed by atoms with Crippen LogP contribution in [0.5, 0.6) is 0 Å². The Morgan fingerprint density at radius 1 is 1.47 bits per heavy atom. The molecule has 0 spiro atoms. The van der Waals surface area contributed by atoms with E-state index in [9.17, 15) is 14.7 Å². The molecule has 6 heteroatoms. The van der Waals surface area contributed by atoms with Crippen molar-refractivity contribution < 1.29 is 14.7 Å². The number of carbonyl (C=O) groups excluding carboxylic acids is 1. The monoisotopic (exact) mass is 288 g/mol. The summed E-state index contributed by atoms with van der Waals surface area (Å²) in [6.07, 6.45) is 1.95. The molecule has 5 nitrogen and oxygen atoms in total. The lowest BCUT2D eigenvalue weighted by molar-refractivity contribution is -0.141. The van der Waals surface area contributed by atoms with E-state index in [-0.39, 0.29) is 17.3 Å². The molecule has 0 saturated carbocycles. The second-order valence-electron chi connectivity index (χ2n) is 5.29. The normalized spacial score (nSPS) is 22.9. The number of aliphatic carboxylic acids is 1. The van der Waals surface area contributed by atoms with Crippen molar-refractivity contribution in [3.05, 3.63) is 0 Å². The summed E-state index contributed by atoms with van der Waals surface area (Å²) in [5.74, 6) is -0.184. The molecule has 2 unspecified atom stereocenters. The number of hydrogen-bond donors (Lipinski definition) is 1. The number of thioether (sulfide) groups is 1. The molecule has 19 heavy (non-hydrogen) atoms. The van der Waals surface area contributed by atoms with Crippen LogP contribution in [0.25, 0.3) is 0 Å². The molecule has 0 aromatic carbocycles. The molecule has 0 bridgehead atoms. The SMILES string of the molecule is CCCCN(C)C(=O)N1C(C(=O)O)CSC1C(C)C. The third kappa shape index (κ3) is 3.78. The number of rotatable bonds is 5. The zero-order chi connectivity index (χ0) is 14.6. The zero-order valence-corrected chi connectivity index (χ0v) is 12.9. The van der Waals surface area contributed by atoms with E-state index in [1.54, 1.807) is 28.6 Å². The first-order valence-corrected chi connectivity index (χ1v) is 7.82. The molecular weight excluding hydrogens is 264 g/mol. The Hall–Kier alpha value is -0.910. The molecule has 1 rings (SSSR count). The van der Waals surface area contributed by atoms with Crippen molar-refractivity contribution >= 4 is 23.8 Å². The summed E-state index contributed by atoms with van der Waals surface area (Å²) in [5.41, 5.74) is 0. The highest BCUT2D eigenvalue weighted by Crippen LogP contribution is 2.34. The number of carboxylic acid groups (broad SMARTS) is 1. The largest absolute Gasteiger partial charge is 0.480 e. The van der Waals surface area contributed by atoms with Crippen LogP contribution in [-0.2, 0) is 4.79 Å². The van der Waals surface area contributed by atoms with E-state index in [2.05, 4.69) is 6.92 Å². The van der Waals surface area contributed by atoms with E-state index in [0.717, 1.165) is 12.8 Å². The third-order valence-corrected chi connectivity index (χ3v) is 4.91. The fraction of sp³-hybridized carbons (Fsp3) is 0.846. The summed E-state index contributed by atoms with van der Waals surface area (Å²) < 4.78 is 0. The van der Waals surface area contributed by atoms with E-state index in [0.29, 0.717) is 12.3 Å². The van der Waals surface area contributed by atoms with Gasteiger partial charge in [-0.3, -0.25) is 4.90 Å². The number of amides is 2. The summed E-state index contributed by atoms with van der Waals surface area (Å²) in [6, 6.07) is -0.862. The first kappa shape index (κ1) is 16.1. The molecule has 1 aliphatic rings. The summed E-state index contributed by atoms with van der Waals surface area (Å²) in [7, 11) is 1.75. The minimum absolute atomic E-state index is 0.0438. The molecular formula is C13H24N2O3S. The summed E-state index contributed by atoms with van der Waals surface area (Å²) in [4.78, 5) is 26.9. The van der Waals surface area contributed by atoms with Crippen LogP contribution in [0.2, 0.25) is 0 Å². The molecule has 0 aromatic heterocycles. The molecule has 1 N–H and O–H groups in total. The lowest BCUT2D eigenvalue weighted by atomic mass is 10.1. The average Bonchev–Trinajstić information content (AvgIpc) is 2.79. The van der Waals surface area contributed by atoms with Crippen LogP contribution in [0.3, 0.4) is 0 Å². The third-order valence-electron chi connectivity index (χ3n) is 3.28. The van der Waals surface area contributed by atoms with Gasteiger partial charge >= 0.3 is 12.0 Å². The van der Waals surface area contributed by atoms with Crippen LogP contribution in [0, 0.1) is 5.92 Å². The van der Waals surface area contributed by atoms with Crippen molar-refractivity contribution in [2.45, 2.75) is 45.0 Å². The van der Waals surface area contributed by atoms with Gasteiger partial charge in [0, 0.05) is 19.3 Å². The predicted molar refractivity (Wildman–Crippen MR) is 77.3 cm³/mol. The molecule has 2 atom stereocenters. The Kier molecular flexibility index (Phi) is 5.97. The van der Waals surface area contributed by atoms with Crippen LogP contribution in [0.4, 0.5) is 4.79 Å². The lowest BCUT2D eigenvalue weighted by Crippen LogP contribution is -2.51. The van der Waals surface area contributed by atoms with Gasteiger partial charge in [-0.2, -0.15) is 0 Å². The van der Waals surface area contributed by atoms with E-state index in [1.807, 2.05) is 13.8 Å². The Bertz CT molecular complexity index is 336. The number of unbranched alkanes of at least 4 members (excludes halogenated alkanes) is 1. The van der Waals surface area contributed by atoms with E-state index < -0.39 is 12.0 Å². The van der Waals surface area contributed by atoms with Gasteiger partial charge in [-0.05, 0) is 12.3 Å². The highest BCUT2D eigenvalue weighted by Gasteiger charge is 2.43. The first-order chi connectivity index (χ1) is 8.90. The van der Waals surface area contributed by atoms with E-state index >= 15 is 0 Å². The van der Waals surface area contributed by atoms with Gasteiger partial charge in [0.15, 0.2) is 0 Å². The minimum Gasteiger partial charge on any atom is -0.480 e. The number of carbonyl (C=O) groups is 2. The van der Waals surface area contributed by atoms with Crippen LogP contribution >= 0.6 is 11.8 Å². The number of nitrogens with zero attached hydrogens (tertiary/aromatic N) is 2. The Balaban J connectivity index is 2.83. The highest BCUT2D eigenvalue weighted by atomic mass is 32.2.